The van der Waals surface area contributed by atoms with E-state index < -0.39 is 20.5 Å². The van der Waals surface area contributed by atoms with Gasteiger partial charge in [0.1, 0.15) is 11.9 Å². The van der Waals surface area contributed by atoms with Crippen LogP contribution < -0.4 is 10.5 Å². The summed E-state index contributed by atoms with van der Waals surface area (Å²) in [7, 11) is -4.55. The number of alkyl halides is 2. The van der Waals surface area contributed by atoms with Crippen LogP contribution in [0.1, 0.15) is 25.7 Å². The summed E-state index contributed by atoms with van der Waals surface area (Å²) >= 11 is 0. The van der Waals surface area contributed by atoms with E-state index in [-0.39, 0.29) is 12.1 Å². The highest BCUT2D eigenvalue weighted by atomic mass is 32.2. The molecule has 0 heterocycles. The van der Waals surface area contributed by atoms with Gasteiger partial charge in [-0.3, -0.25) is 0 Å². The van der Waals surface area contributed by atoms with Crippen molar-refractivity contribution in [2.24, 2.45) is 5.73 Å². The molecule has 4 nitrogen and oxygen atoms in total. The zero-order chi connectivity index (χ0) is 14.8. The van der Waals surface area contributed by atoms with E-state index in [1.807, 2.05) is 0 Å². The number of rotatable bonds is 4. The van der Waals surface area contributed by atoms with Gasteiger partial charge in [-0.25, -0.2) is 8.42 Å². The van der Waals surface area contributed by atoms with Gasteiger partial charge in [-0.2, -0.15) is 8.78 Å². The molecule has 7 heteroatoms. The first-order chi connectivity index (χ1) is 9.41. The fourth-order valence-corrected chi connectivity index (χ4v) is 2.98. The second kappa shape index (κ2) is 6.05. The number of nitrogens with two attached hydrogens (primary N) is 1. The van der Waals surface area contributed by atoms with Gasteiger partial charge in [0.25, 0.3) is 0 Å². The summed E-state index contributed by atoms with van der Waals surface area (Å²) in [5.41, 5.74) is 5.95. The molecule has 2 rings (SSSR count). The van der Waals surface area contributed by atoms with E-state index in [2.05, 4.69) is 0 Å². The first kappa shape index (κ1) is 15.2. The molecule has 1 fully saturated rings. The minimum atomic E-state index is -4.55. The van der Waals surface area contributed by atoms with Crippen molar-refractivity contribution in [1.29, 1.82) is 0 Å². The lowest BCUT2D eigenvalue weighted by Gasteiger charge is -2.29. The average Bonchev–Trinajstić information content (AvgIpc) is 2.42. The van der Waals surface area contributed by atoms with E-state index in [0.717, 1.165) is 37.8 Å². The average molecular weight is 305 g/mol. The van der Waals surface area contributed by atoms with Crippen LogP contribution in [0.25, 0.3) is 0 Å². The molecule has 20 heavy (non-hydrogen) atoms. The lowest BCUT2D eigenvalue weighted by Crippen LogP contribution is -2.41. The molecule has 1 aliphatic carbocycles. The van der Waals surface area contributed by atoms with Crippen molar-refractivity contribution in [3.05, 3.63) is 24.3 Å². The number of benzene rings is 1. The highest BCUT2D eigenvalue weighted by molar-refractivity contribution is 7.91. The molecule has 0 saturated heterocycles. The van der Waals surface area contributed by atoms with Crippen molar-refractivity contribution in [3.8, 4) is 5.75 Å². The Balaban J connectivity index is 2.09. The standard InChI is InChI=1S/C13H17F2NO3S/c14-13(15)20(17,18)10-7-5-9(6-8-10)19-12-4-2-1-3-11(12)16/h5-8,11-13H,1-4,16H2. The van der Waals surface area contributed by atoms with Gasteiger partial charge in [-0.15, -0.1) is 0 Å². The first-order valence-corrected chi connectivity index (χ1v) is 8.00. The molecule has 1 saturated carbocycles. The van der Waals surface area contributed by atoms with Gasteiger partial charge < -0.3 is 10.5 Å². The molecule has 2 N–H and O–H groups in total. The third-order valence-corrected chi connectivity index (χ3v) is 4.83. The van der Waals surface area contributed by atoms with Gasteiger partial charge in [-0.1, -0.05) is 6.42 Å². The molecule has 0 bridgehead atoms. The lowest BCUT2D eigenvalue weighted by atomic mass is 9.93. The topological polar surface area (TPSA) is 69.4 Å². The van der Waals surface area contributed by atoms with Crippen LogP contribution in [0.2, 0.25) is 0 Å². The molecule has 1 aromatic carbocycles. The first-order valence-electron chi connectivity index (χ1n) is 6.45. The zero-order valence-corrected chi connectivity index (χ0v) is 11.7. The molecule has 0 radical (unpaired) electrons. The van der Waals surface area contributed by atoms with Crippen molar-refractivity contribution >= 4 is 9.84 Å². The number of hydrogen-bond acceptors (Lipinski definition) is 4. The van der Waals surface area contributed by atoms with E-state index in [9.17, 15) is 17.2 Å². The fraction of sp³-hybridized carbons (Fsp3) is 0.538. The molecule has 0 aromatic heterocycles. The molecule has 2 atom stereocenters. The lowest BCUT2D eigenvalue weighted by molar-refractivity contribution is 0.132. The van der Waals surface area contributed by atoms with Gasteiger partial charge in [-0.05, 0) is 43.5 Å². The molecular formula is C13H17F2NO3S. The highest BCUT2D eigenvalue weighted by Gasteiger charge is 2.27. The summed E-state index contributed by atoms with van der Waals surface area (Å²) in [6.45, 7) is 0. The monoisotopic (exact) mass is 305 g/mol. The highest BCUT2D eigenvalue weighted by Crippen LogP contribution is 2.25. The van der Waals surface area contributed by atoms with Gasteiger partial charge in [0.2, 0.25) is 9.84 Å². The maximum atomic E-state index is 12.4. The normalized spacial score (nSPS) is 23.8. The van der Waals surface area contributed by atoms with Crippen molar-refractivity contribution in [2.45, 2.75) is 48.5 Å². The Kier molecular flexibility index (Phi) is 4.59. The third-order valence-electron chi connectivity index (χ3n) is 3.43. The molecule has 2 unspecified atom stereocenters. The Labute approximate surface area is 116 Å². The molecule has 112 valence electrons. The summed E-state index contributed by atoms with van der Waals surface area (Å²) in [6.07, 6.45) is 3.74. The van der Waals surface area contributed by atoms with Crippen molar-refractivity contribution in [2.75, 3.05) is 0 Å². The fourth-order valence-electron chi connectivity index (χ4n) is 2.26. The van der Waals surface area contributed by atoms with Gasteiger partial charge in [0, 0.05) is 6.04 Å². The van der Waals surface area contributed by atoms with E-state index in [4.69, 9.17) is 10.5 Å². The van der Waals surface area contributed by atoms with Crippen LogP contribution in [-0.4, -0.2) is 26.3 Å². The zero-order valence-electron chi connectivity index (χ0n) is 10.8. The van der Waals surface area contributed by atoms with Crippen LogP contribution >= 0.6 is 0 Å². The second-order valence-electron chi connectivity index (χ2n) is 4.88. The molecule has 0 amide bonds. The van der Waals surface area contributed by atoms with E-state index >= 15 is 0 Å². The summed E-state index contributed by atoms with van der Waals surface area (Å²) in [4.78, 5) is -0.409. The van der Waals surface area contributed by atoms with Gasteiger partial charge in [0.05, 0.1) is 4.90 Å². The SMILES string of the molecule is NC1CCCCC1Oc1ccc(S(=O)(=O)C(F)F)cc1. The summed E-state index contributed by atoms with van der Waals surface area (Å²) in [6, 6.07) is 4.98. The minimum Gasteiger partial charge on any atom is -0.489 e. The van der Waals surface area contributed by atoms with Crippen molar-refractivity contribution in [3.63, 3.8) is 0 Å². The molecular weight excluding hydrogens is 288 g/mol. The van der Waals surface area contributed by atoms with Crippen molar-refractivity contribution < 1.29 is 21.9 Å². The number of sulfone groups is 1. The Hall–Kier alpha value is -1.21. The molecule has 1 aliphatic rings. The van der Waals surface area contributed by atoms with Gasteiger partial charge >= 0.3 is 5.76 Å². The Morgan fingerprint density at radius 3 is 2.30 bits per heavy atom. The minimum absolute atomic E-state index is 0.0479. The predicted molar refractivity (Wildman–Crippen MR) is 70.5 cm³/mol. The van der Waals surface area contributed by atoms with Crippen LogP contribution in [0.5, 0.6) is 5.75 Å². The predicted octanol–water partition coefficient (Wildman–Crippen LogP) is 2.33. The van der Waals surface area contributed by atoms with E-state index in [1.165, 1.54) is 12.1 Å². The van der Waals surface area contributed by atoms with Crippen LogP contribution in [-0.2, 0) is 9.84 Å². The summed E-state index contributed by atoms with van der Waals surface area (Å²) in [5, 5.41) is 0. The molecule has 0 aliphatic heterocycles. The maximum Gasteiger partial charge on any atom is 0.341 e. The van der Waals surface area contributed by atoms with E-state index in [0.29, 0.717) is 5.75 Å². The Morgan fingerprint density at radius 1 is 1.15 bits per heavy atom. The molecule has 0 spiro atoms. The maximum absolute atomic E-state index is 12.4. The Morgan fingerprint density at radius 2 is 1.75 bits per heavy atom. The smallest absolute Gasteiger partial charge is 0.341 e. The number of ether oxygens (including phenoxy) is 1. The van der Waals surface area contributed by atoms with Crippen LogP contribution in [0.4, 0.5) is 8.78 Å². The largest absolute Gasteiger partial charge is 0.489 e. The van der Waals surface area contributed by atoms with E-state index in [1.54, 1.807) is 0 Å². The number of hydrogen-bond donors (Lipinski definition) is 1. The summed E-state index contributed by atoms with van der Waals surface area (Å²) in [5.74, 6) is -2.97. The van der Waals surface area contributed by atoms with Gasteiger partial charge in [0.15, 0.2) is 0 Å². The van der Waals surface area contributed by atoms with Crippen LogP contribution in [0.15, 0.2) is 29.2 Å². The molecule has 1 aromatic rings. The van der Waals surface area contributed by atoms with Crippen molar-refractivity contribution in [1.82, 2.24) is 0 Å². The van der Waals surface area contributed by atoms with Crippen LogP contribution in [0.3, 0.4) is 0 Å². The van der Waals surface area contributed by atoms with Crippen LogP contribution in [0, 0.1) is 0 Å². The Bertz CT molecular complexity index is 545. The second-order valence-corrected chi connectivity index (χ2v) is 6.80. The number of halogens is 2. The third kappa shape index (κ3) is 3.27. The quantitative estimate of drug-likeness (QED) is 0.927. The summed E-state index contributed by atoms with van der Waals surface area (Å²) < 4.78 is 53.0.